The first kappa shape index (κ1) is 15.5. The van der Waals surface area contributed by atoms with Gasteiger partial charge in [-0.15, -0.1) is 11.6 Å². The van der Waals surface area contributed by atoms with E-state index in [2.05, 4.69) is 4.72 Å². The van der Waals surface area contributed by atoms with Crippen LogP contribution in [0, 0.1) is 6.92 Å². The zero-order chi connectivity index (χ0) is 13.4. The molecule has 102 valence electrons. The predicted molar refractivity (Wildman–Crippen MR) is 75.6 cm³/mol. The summed E-state index contributed by atoms with van der Waals surface area (Å²) < 4.78 is 26.5. The molecule has 0 unspecified atom stereocenters. The Morgan fingerprint density at radius 1 is 1.17 bits per heavy atom. The summed E-state index contributed by atoms with van der Waals surface area (Å²) in [6.07, 6.45) is 3.90. The molecule has 0 heterocycles. The average Bonchev–Trinajstić information content (AvgIpc) is 2.33. The van der Waals surface area contributed by atoms with Gasteiger partial charge in [-0.05, 0) is 37.5 Å². The zero-order valence-corrected chi connectivity index (χ0v) is 12.2. The Morgan fingerprint density at radius 3 is 2.56 bits per heavy atom. The van der Waals surface area contributed by atoms with E-state index in [0.29, 0.717) is 17.3 Å². The second-order valence-corrected chi connectivity index (χ2v) is 6.46. The monoisotopic (exact) mass is 289 g/mol. The zero-order valence-electron chi connectivity index (χ0n) is 10.7. The number of sulfonamides is 1. The van der Waals surface area contributed by atoms with Gasteiger partial charge in [-0.1, -0.05) is 25.0 Å². The van der Waals surface area contributed by atoms with Crippen LogP contribution in [0.5, 0.6) is 0 Å². The van der Waals surface area contributed by atoms with Gasteiger partial charge in [-0.3, -0.25) is 0 Å². The molecule has 18 heavy (non-hydrogen) atoms. The van der Waals surface area contributed by atoms with E-state index in [0.717, 1.165) is 31.2 Å². The van der Waals surface area contributed by atoms with Crippen molar-refractivity contribution in [3.63, 3.8) is 0 Å². The maximum Gasteiger partial charge on any atom is 0.240 e. The fourth-order valence-corrected chi connectivity index (χ4v) is 3.01. The fraction of sp³-hybridized carbons (Fsp3) is 0.538. The lowest BCUT2D eigenvalue weighted by Crippen LogP contribution is -2.24. The van der Waals surface area contributed by atoms with Crippen LogP contribution in [0.4, 0.5) is 0 Å². The number of unbranched alkanes of at least 4 members (excludes halogenated alkanes) is 3. The lowest BCUT2D eigenvalue weighted by atomic mass is 10.2. The predicted octanol–water partition coefficient (Wildman–Crippen LogP) is 3.07. The highest BCUT2D eigenvalue weighted by Crippen LogP contribution is 2.10. The number of rotatable bonds is 8. The molecule has 1 N–H and O–H groups in total. The van der Waals surface area contributed by atoms with Crippen LogP contribution in [0.1, 0.15) is 31.2 Å². The minimum atomic E-state index is -3.35. The van der Waals surface area contributed by atoms with Crippen molar-refractivity contribution in [1.82, 2.24) is 4.72 Å². The highest BCUT2D eigenvalue weighted by molar-refractivity contribution is 7.89. The summed E-state index contributed by atoms with van der Waals surface area (Å²) in [5.74, 6) is 0.676. The van der Waals surface area contributed by atoms with E-state index < -0.39 is 10.0 Å². The van der Waals surface area contributed by atoms with E-state index in [9.17, 15) is 8.42 Å². The van der Waals surface area contributed by atoms with Gasteiger partial charge in [0, 0.05) is 12.4 Å². The van der Waals surface area contributed by atoms with Gasteiger partial charge < -0.3 is 0 Å². The summed E-state index contributed by atoms with van der Waals surface area (Å²) in [6, 6.07) is 6.92. The maximum absolute atomic E-state index is 11.9. The van der Waals surface area contributed by atoms with E-state index in [1.165, 1.54) is 0 Å². The van der Waals surface area contributed by atoms with Gasteiger partial charge >= 0.3 is 0 Å². The number of halogens is 1. The first-order valence-electron chi connectivity index (χ1n) is 6.18. The fourth-order valence-electron chi connectivity index (χ4n) is 1.65. The number of aryl methyl sites for hydroxylation is 1. The third-order valence-corrected chi connectivity index (χ3v) is 4.38. The standard InChI is InChI=1S/C13H20ClNO2S/c1-12-7-6-8-13(11-12)18(16,17)15-10-5-3-2-4-9-14/h6-8,11,15H,2-5,9-10H2,1H3. The van der Waals surface area contributed by atoms with Crippen LogP contribution in [-0.2, 0) is 10.0 Å². The van der Waals surface area contributed by atoms with Crippen LogP contribution < -0.4 is 4.72 Å². The molecule has 0 atom stereocenters. The second-order valence-electron chi connectivity index (χ2n) is 4.32. The van der Waals surface area contributed by atoms with Gasteiger partial charge in [0.1, 0.15) is 0 Å². The van der Waals surface area contributed by atoms with Crippen LogP contribution in [-0.4, -0.2) is 20.8 Å². The van der Waals surface area contributed by atoms with E-state index in [-0.39, 0.29) is 0 Å². The largest absolute Gasteiger partial charge is 0.240 e. The van der Waals surface area contributed by atoms with E-state index in [4.69, 9.17) is 11.6 Å². The van der Waals surface area contributed by atoms with Crippen LogP contribution in [0.15, 0.2) is 29.2 Å². The topological polar surface area (TPSA) is 46.2 Å². The molecule has 0 saturated carbocycles. The molecule has 3 nitrogen and oxygen atoms in total. The third-order valence-electron chi connectivity index (χ3n) is 2.65. The summed E-state index contributed by atoms with van der Waals surface area (Å²) in [7, 11) is -3.35. The molecule has 0 radical (unpaired) electrons. The SMILES string of the molecule is Cc1cccc(S(=O)(=O)NCCCCCCCl)c1. The lowest BCUT2D eigenvalue weighted by molar-refractivity contribution is 0.573. The van der Waals surface area contributed by atoms with Crippen molar-refractivity contribution in [1.29, 1.82) is 0 Å². The molecule has 0 fully saturated rings. The Labute approximate surface area is 115 Å². The molecule has 0 aliphatic carbocycles. The lowest BCUT2D eigenvalue weighted by Gasteiger charge is -2.07. The molecule has 1 aromatic carbocycles. The highest BCUT2D eigenvalue weighted by Gasteiger charge is 2.12. The molecule has 1 aromatic rings. The molecular weight excluding hydrogens is 270 g/mol. The summed E-state index contributed by atoms with van der Waals surface area (Å²) in [4.78, 5) is 0.336. The molecule has 0 aromatic heterocycles. The Hall–Kier alpha value is -0.580. The van der Waals surface area contributed by atoms with Crippen molar-refractivity contribution in [2.24, 2.45) is 0 Å². The number of benzene rings is 1. The Balaban J connectivity index is 2.41. The molecule has 0 aliphatic heterocycles. The molecule has 0 bridgehead atoms. The quantitative estimate of drug-likeness (QED) is 0.590. The highest BCUT2D eigenvalue weighted by atomic mass is 35.5. The van der Waals surface area contributed by atoms with Gasteiger partial charge in [-0.2, -0.15) is 0 Å². The average molecular weight is 290 g/mol. The number of nitrogens with one attached hydrogen (secondary N) is 1. The van der Waals surface area contributed by atoms with Gasteiger partial charge in [0.05, 0.1) is 4.90 Å². The Bertz CT molecular complexity index is 460. The van der Waals surface area contributed by atoms with Crippen LogP contribution in [0.3, 0.4) is 0 Å². The molecule has 0 amide bonds. The van der Waals surface area contributed by atoms with Gasteiger partial charge in [0.2, 0.25) is 10.0 Å². The number of hydrogen-bond donors (Lipinski definition) is 1. The van der Waals surface area contributed by atoms with Crippen molar-refractivity contribution in [3.05, 3.63) is 29.8 Å². The Morgan fingerprint density at radius 2 is 1.89 bits per heavy atom. The van der Waals surface area contributed by atoms with Crippen LogP contribution in [0.2, 0.25) is 0 Å². The maximum atomic E-state index is 11.9. The second kappa shape index (κ2) is 7.77. The molecule has 1 rings (SSSR count). The summed E-state index contributed by atoms with van der Waals surface area (Å²) in [6.45, 7) is 2.36. The molecule has 5 heteroatoms. The van der Waals surface area contributed by atoms with Crippen molar-refractivity contribution in [2.45, 2.75) is 37.5 Å². The van der Waals surface area contributed by atoms with Crippen molar-refractivity contribution < 1.29 is 8.42 Å². The first-order valence-corrected chi connectivity index (χ1v) is 8.20. The number of alkyl halides is 1. The number of hydrogen-bond acceptors (Lipinski definition) is 2. The normalized spacial score (nSPS) is 11.7. The minimum absolute atomic E-state index is 0.336. The van der Waals surface area contributed by atoms with Crippen molar-refractivity contribution in [3.8, 4) is 0 Å². The molecule has 0 aliphatic rings. The molecule has 0 spiro atoms. The van der Waals surface area contributed by atoms with Gasteiger partial charge in [0.25, 0.3) is 0 Å². The summed E-state index contributed by atoms with van der Waals surface area (Å²) in [5.41, 5.74) is 0.944. The summed E-state index contributed by atoms with van der Waals surface area (Å²) >= 11 is 5.57. The smallest absolute Gasteiger partial charge is 0.211 e. The van der Waals surface area contributed by atoms with Gasteiger partial charge in [-0.25, -0.2) is 13.1 Å². The summed E-state index contributed by atoms with van der Waals surface area (Å²) in [5, 5.41) is 0. The Kier molecular flexibility index (Phi) is 6.68. The third kappa shape index (κ3) is 5.38. The van der Waals surface area contributed by atoms with Crippen LogP contribution in [0.25, 0.3) is 0 Å². The van der Waals surface area contributed by atoms with E-state index in [1.807, 2.05) is 13.0 Å². The van der Waals surface area contributed by atoms with E-state index >= 15 is 0 Å². The first-order chi connectivity index (χ1) is 8.56. The van der Waals surface area contributed by atoms with Crippen LogP contribution >= 0.6 is 11.6 Å². The van der Waals surface area contributed by atoms with Crippen molar-refractivity contribution in [2.75, 3.05) is 12.4 Å². The molecule has 0 saturated heterocycles. The molecular formula is C13H20ClNO2S. The van der Waals surface area contributed by atoms with Gasteiger partial charge in [0.15, 0.2) is 0 Å². The minimum Gasteiger partial charge on any atom is -0.211 e. The van der Waals surface area contributed by atoms with E-state index in [1.54, 1.807) is 18.2 Å². The van der Waals surface area contributed by atoms with Crippen molar-refractivity contribution >= 4 is 21.6 Å².